The highest BCUT2D eigenvalue weighted by Crippen LogP contribution is 2.49. The normalized spacial score (nSPS) is 31.0. The van der Waals surface area contributed by atoms with E-state index in [0.717, 1.165) is 6.42 Å². The summed E-state index contributed by atoms with van der Waals surface area (Å²) >= 11 is 0. The summed E-state index contributed by atoms with van der Waals surface area (Å²) in [4.78, 5) is 12.4. The Morgan fingerprint density at radius 2 is 1.95 bits per heavy atom. The molecule has 2 saturated carbocycles. The summed E-state index contributed by atoms with van der Waals surface area (Å²) in [6.07, 6.45) is 6.89. The molecule has 22 heavy (non-hydrogen) atoms. The molecular formula is C17H32N2O3. The van der Waals surface area contributed by atoms with E-state index in [1.165, 1.54) is 25.7 Å². The third kappa shape index (κ3) is 3.47. The highest BCUT2D eigenvalue weighted by molar-refractivity contribution is 5.88. The number of rotatable bonds is 8. The van der Waals surface area contributed by atoms with Crippen LogP contribution in [0.25, 0.3) is 0 Å². The fourth-order valence-electron chi connectivity index (χ4n) is 3.56. The van der Waals surface area contributed by atoms with Gasteiger partial charge in [-0.25, -0.2) is 0 Å². The summed E-state index contributed by atoms with van der Waals surface area (Å²) in [5, 5.41) is 2.97. The van der Waals surface area contributed by atoms with Gasteiger partial charge in [0.15, 0.2) is 0 Å². The van der Waals surface area contributed by atoms with Crippen LogP contribution in [-0.2, 0) is 14.3 Å². The van der Waals surface area contributed by atoms with Gasteiger partial charge in [-0.2, -0.15) is 0 Å². The molecule has 0 aliphatic heterocycles. The van der Waals surface area contributed by atoms with Crippen molar-refractivity contribution in [3.05, 3.63) is 0 Å². The second kappa shape index (κ2) is 7.28. The zero-order valence-electron chi connectivity index (χ0n) is 14.3. The van der Waals surface area contributed by atoms with Crippen molar-refractivity contribution in [3.8, 4) is 0 Å². The van der Waals surface area contributed by atoms with E-state index in [2.05, 4.69) is 5.32 Å². The zero-order valence-corrected chi connectivity index (χ0v) is 14.3. The third-order valence-electron chi connectivity index (χ3n) is 5.50. The summed E-state index contributed by atoms with van der Waals surface area (Å²) < 4.78 is 11.5. The van der Waals surface area contributed by atoms with Gasteiger partial charge in [-0.15, -0.1) is 0 Å². The van der Waals surface area contributed by atoms with Crippen LogP contribution in [0.5, 0.6) is 0 Å². The molecule has 1 amide bonds. The van der Waals surface area contributed by atoms with Crippen LogP contribution in [0.4, 0.5) is 0 Å². The Morgan fingerprint density at radius 3 is 2.55 bits per heavy atom. The Bertz CT molecular complexity index is 380. The lowest BCUT2D eigenvalue weighted by molar-refractivity contribution is -0.170. The molecule has 0 bridgehead atoms. The summed E-state index contributed by atoms with van der Waals surface area (Å²) in [6.45, 7) is 7.99. The fourth-order valence-corrected chi connectivity index (χ4v) is 3.56. The van der Waals surface area contributed by atoms with Gasteiger partial charge in [-0.3, -0.25) is 4.79 Å². The second-order valence-corrected chi connectivity index (χ2v) is 7.23. The molecule has 2 rings (SSSR count). The summed E-state index contributed by atoms with van der Waals surface area (Å²) in [7, 11) is 0. The van der Waals surface area contributed by atoms with Crippen LogP contribution >= 0.6 is 0 Å². The van der Waals surface area contributed by atoms with Crippen molar-refractivity contribution >= 4 is 5.91 Å². The van der Waals surface area contributed by atoms with Crippen LogP contribution < -0.4 is 11.1 Å². The molecule has 2 fully saturated rings. The summed E-state index contributed by atoms with van der Waals surface area (Å²) in [6, 6.07) is 0. The van der Waals surface area contributed by atoms with Crippen LogP contribution in [-0.4, -0.2) is 43.4 Å². The molecule has 0 saturated heterocycles. The molecule has 3 N–H and O–H groups in total. The van der Waals surface area contributed by atoms with E-state index in [1.54, 1.807) is 0 Å². The van der Waals surface area contributed by atoms with Gasteiger partial charge >= 0.3 is 0 Å². The summed E-state index contributed by atoms with van der Waals surface area (Å²) in [5.74, 6) is -0.0608. The third-order valence-corrected chi connectivity index (χ3v) is 5.50. The van der Waals surface area contributed by atoms with Crippen LogP contribution in [0.2, 0.25) is 0 Å². The first-order valence-electron chi connectivity index (χ1n) is 8.72. The van der Waals surface area contributed by atoms with Gasteiger partial charge in [-0.05, 0) is 26.2 Å². The Kier molecular flexibility index (Phi) is 5.86. The highest BCUT2D eigenvalue weighted by atomic mass is 16.5. The van der Waals surface area contributed by atoms with Gasteiger partial charge in [0.2, 0.25) is 5.91 Å². The van der Waals surface area contributed by atoms with Crippen molar-refractivity contribution in [2.75, 3.05) is 19.8 Å². The molecule has 0 aromatic carbocycles. The average Bonchev–Trinajstić information content (AvgIpc) is 2.99. The molecular weight excluding hydrogens is 280 g/mol. The quantitative estimate of drug-likeness (QED) is 0.672. The number of nitrogens with one attached hydrogen (secondary N) is 1. The molecule has 2 unspecified atom stereocenters. The first-order valence-corrected chi connectivity index (χ1v) is 8.72. The number of nitrogens with two attached hydrogens (primary N) is 1. The number of carbonyl (C=O) groups excluding carboxylic acids is 1. The Hall–Kier alpha value is -0.650. The maximum absolute atomic E-state index is 12.4. The molecule has 2 atom stereocenters. The van der Waals surface area contributed by atoms with E-state index >= 15 is 0 Å². The summed E-state index contributed by atoms with van der Waals surface area (Å²) in [5.41, 5.74) is 5.19. The SMILES string of the molecule is CCOC1CC(N)(C(=O)NCCCOC2CCCC2)C1(C)C. The van der Waals surface area contributed by atoms with Crippen LogP contribution in [0.15, 0.2) is 0 Å². The van der Waals surface area contributed by atoms with Crippen LogP contribution in [0, 0.1) is 5.41 Å². The number of hydrogen-bond acceptors (Lipinski definition) is 4. The average molecular weight is 312 g/mol. The Labute approximate surface area is 134 Å². The highest BCUT2D eigenvalue weighted by Gasteiger charge is 2.62. The van der Waals surface area contributed by atoms with E-state index in [1.807, 2.05) is 20.8 Å². The van der Waals surface area contributed by atoms with Crippen molar-refractivity contribution in [3.63, 3.8) is 0 Å². The van der Waals surface area contributed by atoms with Gasteiger partial charge in [0.1, 0.15) is 5.54 Å². The smallest absolute Gasteiger partial charge is 0.240 e. The minimum absolute atomic E-state index is 0.0608. The maximum Gasteiger partial charge on any atom is 0.240 e. The van der Waals surface area contributed by atoms with E-state index in [4.69, 9.17) is 15.2 Å². The molecule has 0 heterocycles. The lowest BCUT2D eigenvalue weighted by Gasteiger charge is -2.57. The first kappa shape index (κ1) is 17.7. The van der Waals surface area contributed by atoms with Crippen molar-refractivity contribution in [1.82, 2.24) is 5.32 Å². The van der Waals surface area contributed by atoms with E-state index in [-0.39, 0.29) is 17.4 Å². The minimum Gasteiger partial charge on any atom is -0.378 e. The number of carbonyl (C=O) groups is 1. The molecule has 5 heteroatoms. The molecule has 2 aliphatic carbocycles. The largest absolute Gasteiger partial charge is 0.378 e. The predicted molar refractivity (Wildman–Crippen MR) is 86.6 cm³/mol. The monoisotopic (exact) mass is 312 g/mol. The minimum atomic E-state index is -0.820. The van der Waals surface area contributed by atoms with Gasteiger partial charge < -0.3 is 20.5 Å². The molecule has 5 nitrogen and oxygen atoms in total. The van der Waals surface area contributed by atoms with Crippen LogP contribution in [0.3, 0.4) is 0 Å². The van der Waals surface area contributed by atoms with Gasteiger partial charge in [-0.1, -0.05) is 26.7 Å². The Morgan fingerprint density at radius 1 is 1.27 bits per heavy atom. The second-order valence-electron chi connectivity index (χ2n) is 7.23. The fraction of sp³-hybridized carbons (Fsp3) is 0.941. The zero-order chi connectivity index (χ0) is 16.2. The lowest BCUT2D eigenvalue weighted by atomic mass is 9.54. The predicted octanol–water partition coefficient (Wildman–Crippen LogP) is 1.98. The van der Waals surface area contributed by atoms with Crippen molar-refractivity contribution in [2.45, 2.75) is 77.0 Å². The van der Waals surface area contributed by atoms with Gasteiger partial charge in [0.25, 0.3) is 0 Å². The van der Waals surface area contributed by atoms with Gasteiger partial charge in [0, 0.05) is 31.6 Å². The van der Waals surface area contributed by atoms with Crippen LogP contribution in [0.1, 0.15) is 59.3 Å². The number of amides is 1. The first-order chi connectivity index (χ1) is 10.4. The van der Waals surface area contributed by atoms with Crippen molar-refractivity contribution < 1.29 is 14.3 Å². The van der Waals surface area contributed by atoms with E-state index < -0.39 is 5.54 Å². The van der Waals surface area contributed by atoms with Crippen molar-refractivity contribution in [1.29, 1.82) is 0 Å². The number of ether oxygens (including phenoxy) is 2. The molecule has 0 aromatic heterocycles. The Balaban J connectivity index is 1.66. The molecule has 0 radical (unpaired) electrons. The molecule has 0 aromatic rings. The van der Waals surface area contributed by atoms with Crippen molar-refractivity contribution in [2.24, 2.45) is 11.1 Å². The lowest BCUT2D eigenvalue weighted by Crippen LogP contribution is -2.75. The molecule has 2 aliphatic rings. The van der Waals surface area contributed by atoms with E-state index in [0.29, 0.717) is 32.3 Å². The topological polar surface area (TPSA) is 73.6 Å². The molecule has 128 valence electrons. The standard InChI is InChI=1S/C17H32N2O3/c1-4-21-14-12-17(18,16(14,2)3)15(20)19-10-7-11-22-13-8-5-6-9-13/h13-14H,4-12,18H2,1-3H3,(H,19,20). The maximum atomic E-state index is 12.4. The van der Waals surface area contributed by atoms with Gasteiger partial charge in [0.05, 0.1) is 12.2 Å². The number of hydrogen-bond donors (Lipinski definition) is 2. The molecule has 0 spiro atoms. The van der Waals surface area contributed by atoms with E-state index in [9.17, 15) is 4.79 Å².